The smallest absolute Gasteiger partial charge is 0.337 e. The molecule has 0 unspecified atom stereocenters. The monoisotopic (exact) mass is 483 g/mol. The van der Waals surface area contributed by atoms with Gasteiger partial charge >= 0.3 is 5.97 Å². The first-order chi connectivity index (χ1) is 18.2. The van der Waals surface area contributed by atoms with E-state index in [2.05, 4.69) is 102 Å². The van der Waals surface area contributed by atoms with Crippen molar-refractivity contribution in [1.29, 1.82) is 0 Å². The molecule has 0 saturated heterocycles. The molecule has 0 bridgehead atoms. The molecule has 1 aromatic heterocycles. The van der Waals surface area contributed by atoms with Crippen molar-refractivity contribution >= 4 is 35.2 Å². The van der Waals surface area contributed by atoms with Gasteiger partial charge in [0.2, 0.25) is 5.69 Å². The van der Waals surface area contributed by atoms with Gasteiger partial charge in [0, 0.05) is 41.3 Å². The van der Waals surface area contributed by atoms with Crippen molar-refractivity contribution in [1.82, 2.24) is 0 Å². The molecule has 5 aromatic rings. The number of nitrogens with zero attached hydrogens (tertiary/aromatic N) is 2. The van der Waals surface area contributed by atoms with Gasteiger partial charge in [-0.1, -0.05) is 60.7 Å². The normalized spacial score (nSPS) is 10.8. The Labute approximate surface area is 217 Å². The summed E-state index contributed by atoms with van der Waals surface area (Å²) < 4.78 is 6.77. The Morgan fingerprint density at radius 2 is 1.11 bits per heavy atom. The van der Waals surface area contributed by atoms with E-state index >= 15 is 0 Å². The minimum absolute atomic E-state index is 0.335. The molecule has 4 nitrogen and oxygen atoms in total. The summed E-state index contributed by atoms with van der Waals surface area (Å²) in [4.78, 5) is 13.9. The van der Waals surface area contributed by atoms with Crippen molar-refractivity contribution in [2.24, 2.45) is 0 Å². The van der Waals surface area contributed by atoms with Crippen LogP contribution in [-0.4, -0.2) is 13.1 Å². The van der Waals surface area contributed by atoms with Gasteiger partial charge in [0.25, 0.3) is 0 Å². The Bertz CT molecular complexity index is 1440. The van der Waals surface area contributed by atoms with Gasteiger partial charge in [0.15, 0.2) is 12.4 Å². The standard InChI is InChI=1S/C33H27N2O2/c1-37-33(36)28-16-20-29(21-17-28)34-24-22-27(23-25-34)13-12-26-14-18-32(19-15-26)35(30-8-4-2-5-9-30)31-10-6-3-7-11-31/h2-25H,1H3/q+1. The fraction of sp³-hybridized carbons (Fsp3) is 0.0303. The second-order valence-electron chi connectivity index (χ2n) is 8.51. The second-order valence-corrected chi connectivity index (χ2v) is 8.51. The van der Waals surface area contributed by atoms with Crippen LogP contribution in [0, 0.1) is 0 Å². The molecule has 4 heteroatoms. The van der Waals surface area contributed by atoms with Crippen LogP contribution in [-0.2, 0) is 4.74 Å². The average Bonchev–Trinajstić information content (AvgIpc) is 2.98. The van der Waals surface area contributed by atoms with Crippen molar-refractivity contribution in [3.05, 3.63) is 150 Å². The van der Waals surface area contributed by atoms with Crippen molar-refractivity contribution < 1.29 is 14.1 Å². The first kappa shape index (κ1) is 23.8. The lowest BCUT2D eigenvalue weighted by atomic mass is 10.1. The predicted molar refractivity (Wildman–Crippen MR) is 149 cm³/mol. The number of rotatable bonds is 7. The molecule has 0 spiro atoms. The topological polar surface area (TPSA) is 33.4 Å². The Morgan fingerprint density at radius 3 is 1.62 bits per heavy atom. The van der Waals surface area contributed by atoms with Crippen molar-refractivity contribution in [2.75, 3.05) is 12.0 Å². The van der Waals surface area contributed by atoms with Crippen LogP contribution in [0.4, 0.5) is 17.1 Å². The van der Waals surface area contributed by atoms with E-state index < -0.39 is 0 Å². The summed E-state index contributed by atoms with van der Waals surface area (Å²) in [6.07, 6.45) is 8.23. The fourth-order valence-electron chi connectivity index (χ4n) is 4.14. The van der Waals surface area contributed by atoms with Crippen LogP contribution in [0.1, 0.15) is 21.5 Å². The molecular weight excluding hydrogens is 456 g/mol. The van der Waals surface area contributed by atoms with Gasteiger partial charge in [-0.25, -0.2) is 4.79 Å². The van der Waals surface area contributed by atoms with Gasteiger partial charge in [-0.05, 0) is 59.7 Å². The molecule has 4 aromatic carbocycles. The quantitative estimate of drug-likeness (QED) is 0.179. The van der Waals surface area contributed by atoms with E-state index in [4.69, 9.17) is 4.74 Å². The molecule has 0 atom stereocenters. The number of carbonyl (C=O) groups excluding carboxylic acids is 1. The molecule has 5 rings (SSSR count). The third-order valence-corrected chi connectivity index (χ3v) is 6.09. The summed E-state index contributed by atoms with van der Waals surface area (Å²) in [6, 6.07) is 40.8. The third-order valence-electron chi connectivity index (χ3n) is 6.09. The number of aromatic nitrogens is 1. The summed E-state index contributed by atoms with van der Waals surface area (Å²) in [7, 11) is 1.38. The van der Waals surface area contributed by atoms with Crippen LogP contribution in [0.3, 0.4) is 0 Å². The van der Waals surface area contributed by atoms with Crippen molar-refractivity contribution in [2.45, 2.75) is 0 Å². The largest absolute Gasteiger partial charge is 0.465 e. The van der Waals surface area contributed by atoms with Gasteiger partial charge < -0.3 is 9.64 Å². The van der Waals surface area contributed by atoms with Crippen LogP contribution >= 0.6 is 0 Å². The van der Waals surface area contributed by atoms with Crippen molar-refractivity contribution in [3.63, 3.8) is 0 Å². The molecule has 0 N–H and O–H groups in total. The lowest BCUT2D eigenvalue weighted by Crippen LogP contribution is -2.29. The Hall–Kier alpha value is -4.96. The maximum absolute atomic E-state index is 11.6. The zero-order valence-electron chi connectivity index (χ0n) is 20.6. The number of anilines is 3. The number of para-hydroxylation sites is 2. The van der Waals surface area contributed by atoms with Gasteiger partial charge in [-0.15, -0.1) is 0 Å². The van der Waals surface area contributed by atoms with Gasteiger partial charge in [0.05, 0.1) is 12.7 Å². The molecule has 0 aliphatic rings. The van der Waals surface area contributed by atoms with E-state index in [1.165, 1.54) is 7.11 Å². The molecule has 1 heterocycles. The number of ether oxygens (including phenoxy) is 1. The number of carbonyl (C=O) groups is 1. The molecule has 0 saturated carbocycles. The summed E-state index contributed by atoms with van der Waals surface area (Å²) in [6.45, 7) is 0. The van der Waals surface area contributed by atoms with Crippen LogP contribution < -0.4 is 9.47 Å². The summed E-state index contributed by atoms with van der Waals surface area (Å²) in [5.41, 5.74) is 7.08. The highest BCUT2D eigenvalue weighted by molar-refractivity contribution is 5.89. The Kier molecular flexibility index (Phi) is 7.19. The highest BCUT2D eigenvalue weighted by atomic mass is 16.5. The molecule has 0 fully saturated rings. The first-order valence-electron chi connectivity index (χ1n) is 12.1. The maximum atomic E-state index is 11.6. The van der Waals surface area contributed by atoms with Gasteiger partial charge in [-0.3, -0.25) is 0 Å². The molecule has 0 aliphatic heterocycles. The number of hydrogen-bond acceptors (Lipinski definition) is 3. The molecule has 37 heavy (non-hydrogen) atoms. The molecule has 0 amide bonds. The van der Waals surface area contributed by atoms with E-state index in [1.807, 2.05) is 41.2 Å². The SMILES string of the molecule is COC(=O)c1ccc(-[n+]2ccc(/C=C/c3ccc(N(c4ccccc4)c4ccccc4)cc3)cc2)cc1. The first-order valence-corrected chi connectivity index (χ1v) is 12.1. The summed E-state index contributed by atoms with van der Waals surface area (Å²) in [5, 5.41) is 0. The minimum atomic E-state index is -0.335. The van der Waals surface area contributed by atoms with Crippen LogP contribution in [0.5, 0.6) is 0 Å². The zero-order valence-corrected chi connectivity index (χ0v) is 20.6. The zero-order chi connectivity index (χ0) is 25.5. The number of methoxy groups -OCH3 is 1. The highest BCUT2D eigenvalue weighted by Crippen LogP contribution is 2.34. The molecule has 180 valence electrons. The van der Waals surface area contributed by atoms with Gasteiger partial charge in [0.1, 0.15) is 0 Å². The van der Waals surface area contributed by atoms with Crippen LogP contribution in [0.25, 0.3) is 17.8 Å². The number of hydrogen-bond donors (Lipinski definition) is 0. The van der Waals surface area contributed by atoms with E-state index in [1.54, 1.807) is 12.1 Å². The Balaban J connectivity index is 1.31. The van der Waals surface area contributed by atoms with Crippen LogP contribution in [0.15, 0.2) is 134 Å². The Morgan fingerprint density at radius 1 is 0.622 bits per heavy atom. The maximum Gasteiger partial charge on any atom is 0.337 e. The minimum Gasteiger partial charge on any atom is -0.465 e. The summed E-state index contributed by atoms with van der Waals surface area (Å²) in [5.74, 6) is -0.335. The molecule has 0 aliphatic carbocycles. The fourth-order valence-corrected chi connectivity index (χ4v) is 4.14. The average molecular weight is 484 g/mol. The van der Waals surface area contributed by atoms with Crippen molar-refractivity contribution in [3.8, 4) is 5.69 Å². The summed E-state index contributed by atoms with van der Waals surface area (Å²) >= 11 is 0. The number of benzene rings is 4. The lowest BCUT2D eigenvalue weighted by molar-refractivity contribution is -0.595. The predicted octanol–water partition coefficient (Wildman–Crippen LogP) is 7.39. The third kappa shape index (κ3) is 5.65. The van der Waals surface area contributed by atoms with E-state index in [9.17, 15) is 4.79 Å². The number of esters is 1. The van der Waals surface area contributed by atoms with Gasteiger partial charge in [-0.2, -0.15) is 4.57 Å². The molecule has 0 radical (unpaired) electrons. The van der Waals surface area contributed by atoms with E-state index in [-0.39, 0.29) is 5.97 Å². The highest BCUT2D eigenvalue weighted by Gasteiger charge is 2.12. The van der Waals surface area contributed by atoms with Crippen LogP contribution in [0.2, 0.25) is 0 Å². The van der Waals surface area contributed by atoms with E-state index in [0.29, 0.717) is 5.56 Å². The molecular formula is C33H27N2O2+. The second kappa shape index (κ2) is 11.2. The number of pyridine rings is 1. The van der Waals surface area contributed by atoms with E-state index in [0.717, 1.165) is 33.9 Å². The lowest BCUT2D eigenvalue weighted by Gasteiger charge is -2.25.